The number of carbonyl (C=O) groups is 3. The molecule has 1 N–H and O–H groups in total. The molecule has 2 saturated heterocycles. The third-order valence-electron chi connectivity index (χ3n) is 4.60. The third kappa shape index (κ3) is 3.55. The van der Waals surface area contributed by atoms with E-state index in [1.807, 2.05) is 0 Å². The SMILES string of the molecule is O=C(O)c1cn(C2CCCN(C(=O)CN3CCCCC3=O)C2)nn1. The Morgan fingerprint density at radius 2 is 2.08 bits per heavy atom. The number of hydrogen-bond acceptors (Lipinski definition) is 5. The first-order valence-electron chi connectivity index (χ1n) is 8.25. The van der Waals surface area contributed by atoms with Crippen molar-refractivity contribution in [2.45, 2.75) is 38.1 Å². The first-order chi connectivity index (χ1) is 11.5. The second kappa shape index (κ2) is 6.98. The first-order valence-corrected chi connectivity index (χ1v) is 8.25. The predicted octanol–water partition coefficient (Wildman–Crippen LogP) is 0.152. The Labute approximate surface area is 139 Å². The van der Waals surface area contributed by atoms with Gasteiger partial charge in [-0.3, -0.25) is 9.59 Å². The summed E-state index contributed by atoms with van der Waals surface area (Å²) in [5.41, 5.74) is -0.0997. The van der Waals surface area contributed by atoms with E-state index in [-0.39, 0.29) is 30.1 Å². The molecule has 0 aliphatic carbocycles. The quantitative estimate of drug-likeness (QED) is 0.839. The molecule has 9 nitrogen and oxygen atoms in total. The van der Waals surface area contributed by atoms with Gasteiger partial charge in [0, 0.05) is 26.1 Å². The van der Waals surface area contributed by atoms with Crippen LogP contribution in [-0.4, -0.2) is 73.9 Å². The normalized spacial score (nSPS) is 21.8. The van der Waals surface area contributed by atoms with Gasteiger partial charge in [-0.2, -0.15) is 0 Å². The van der Waals surface area contributed by atoms with Crippen LogP contribution in [0.5, 0.6) is 0 Å². The zero-order valence-electron chi connectivity index (χ0n) is 13.4. The van der Waals surface area contributed by atoms with Crippen molar-refractivity contribution in [3.05, 3.63) is 11.9 Å². The molecule has 1 aromatic heterocycles. The Kier molecular flexibility index (Phi) is 4.77. The zero-order valence-corrected chi connectivity index (χ0v) is 13.4. The number of amides is 2. The van der Waals surface area contributed by atoms with Crippen LogP contribution in [0.4, 0.5) is 0 Å². The van der Waals surface area contributed by atoms with E-state index in [1.165, 1.54) is 10.9 Å². The van der Waals surface area contributed by atoms with E-state index in [1.54, 1.807) is 9.80 Å². The third-order valence-corrected chi connectivity index (χ3v) is 4.60. The lowest BCUT2D eigenvalue weighted by Gasteiger charge is -2.34. The molecular formula is C15H21N5O4. The Balaban J connectivity index is 1.60. The van der Waals surface area contributed by atoms with E-state index in [9.17, 15) is 14.4 Å². The van der Waals surface area contributed by atoms with Crippen molar-refractivity contribution in [3.63, 3.8) is 0 Å². The molecule has 0 bridgehead atoms. The van der Waals surface area contributed by atoms with E-state index in [4.69, 9.17) is 5.11 Å². The van der Waals surface area contributed by atoms with Gasteiger partial charge in [-0.05, 0) is 25.7 Å². The van der Waals surface area contributed by atoms with E-state index < -0.39 is 5.97 Å². The van der Waals surface area contributed by atoms with E-state index in [2.05, 4.69) is 10.3 Å². The molecule has 130 valence electrons. The Hall–Kier alpha value is -2.45. The molecule has 0 saturated carbocycles. The number of aromatic nitrogens is 3. The predicted molar refractivity (Wildman–Crippen MR) is 82.3 cm³/mol. The van der Waals surface area contributed by atoms with Gasteiger partial charge in [0.2, 0.25) is 11.8 Å². The van der Waals surface area contributed by atoms with Gasteiger partial charge in [0.15, 0.2) is 5.69 Å². The first kappa shape index (κ1) is 16.4. The summed E-state index contributed by atoms with van der Waals surface area (Å²) in [6.45, 7) is 1.89. The number of hydrogen-bond donors (Lipinski definition) is 1. The Morgan fingerprint density at radius 1 is 1.25 bits per heavy atom. The number of carbonyl (C=O) groups excluding carboxylic acids is 2. The number of carboxylic acid groups (broad SMARTS) is 1. The fourth-order valence-electron chi connectivity index (χ4n) is 3.24. The van der Waals surface area contributed by atoms with E-state index in [0.717, 1.165) is 25.7 Å². The molecule has 24 heavy (non-hydrogen) atoms. The fraction of sp³-hybridized carbons (Fsp3) is 0.667. The standard InChI is InChI=1S/C15H21N5O4/c21-13-5-1-2-6-19(13)10-14(22)18-7-3-4-11(8-18)20-9-12(15(23)24)16-17-20/h9,11H,1-8,10H2,(H,23,24). The van der Waals surface area contributed by atoms with Gasteiger partial charge < -0.3 is 14.9 Å². The average molecular weight is 335 g/mol. The van der Waals surface area contributed by atoms with Crippen LogP contribution >= 0.6 is 0 Å². The van der Waals surface area contributed by atoms with Gasteiger partial charge in [-0.1, -0.05) is 5.21 Å². The maximum Gasteiger partial charge on any atom is 0.358 e. The second-order valence-electron chi connectivity index (χ2n) is 6.30. The largest absolute Gasteiger partial charge is 0.476 e. The van der Waals surface area contributed by atoms with Crippen LogP contribution < -0.4 is 0 Å². The van der Waals surface area contributed by atoms with Gasteiger partial charge in [-0.25, -0.2) is 9.48 Å². The van der Waals surface area contributed by atoms with Crippen molar-refractivity contribution in [1.29, 1.82) is 0 Å². The summed E-state index contributed by atoms with van der Waals surface area (Å²) in [6.07, 6.45) is 5.38. The smallest absolute Gasteiger partial charge is 0.358 e. The topological polar surface area (TPSA) is 109 Å². The molecule has 1 atom stereocenters. The minimum Gasteiger partial charge on any atom is -0.476 e. The Bertz CT molecular complexity index is 644. The molecule has 2 fully saturated rings. The number of nitrogens with zero attached hydrogens (tertiary/aromatic N) is 5. The van der Waals surface area contributed by atoms with Crippen molar-refractivity contribution in [3.8, 4) is 0 Å². The number of likely N-dealkylation sites (tertiary alicyclic amines) is 2. The van der Waals surface area contributed by atoms with Gasteiger partial charge in [0.1, 0.15) is 0 Å². The van der Waals surface area contributed by atoms with Crippen molar-refractivity contribution in [2.75, 3.05) is 26.2 Å². The molecule has 1 aromatic rings. The van der Waals surface area contributed by atoms with Crippen LogP contribution in [0.25, 0.3) is 0 Å². The monoisotopic (exact) mass is 335 g/mol. The van der Waals surface area contributed by atoms with Crippen LogP contribution in [0.2, 0.25) is 0 Å². The summed E-state index contributed by atoms with van der Waals surface area (Å²) in [5, 5.41) is 16.4. The number of piperidine rings is 2. The molecule has 3 rings (SSSR count). The summed E-state index contributed by atoms with van der Waals surface area (Å²) >= 11 is 0. The zero-order chi connectivity index (χ0) is 17.1. The maximum absolute atomic E-state index is 12.5. The molecule has 0 spiro atoms. The molecule has 3 heterocycles. The molecule has 9 heteroatoms. The maximum atomic E-state index is 12.5. The number of aromatic carboxylic acids is 1. The van der Waals surface area contributed by atoms with Crippen molar-refractivity contribution < 1.29 is 19.5 Å². The minimum atomic E-state index is -1.12. The van der Waals surface area contributed by atoms with Crippen molar-refractivity contribution in [1.82, 2.24) is 24.8 Å². The fourth-order valence-corrected chi connectivity index (χ4v) is 3.24. The summed E-state index contributed by atoms with van der Waals surface area (Å²) < 4.78 is 1.52. The molecule has 0 aromatic carbocycles. The molecule has 2 amide bonds. The highest BCUT2D eigenvalue weighted by atomic mass is 16.4. The van der Waals surface area contributed by atoms with Gasteiger partial charge >= 0.3 is 5.97 Å². The lowest BCUT2D eigenvalue weighted by molar-refractivity contribution is -0.142. The lowest BCUT2D eigenvalue weighted by Crippen LogP contribution is -2.48. The van der Waals surface area contributed by atoms with Crippen LogP contribution in [0.15, 0.2) is 6.20 Å². The van der Waals surface area contributed by atoms with Crippen LogP contribution in [0.1, 0.15) is 48.6 Å². The summed E-state index contributed by atoms with van der Waals surface area (Å²) in [5.74, 6) is -1.13. The second-order valence-corrected chi connectivity index (χ2v) is 6.30. The molecule has 0 radical (unpaired) electrons. The van der Waals surface area contributed by atoms with E-state index >= 15 is 0 Å². The highest BCUT2D eigenvalue weighted by Gasteiger charge is 2.28. The van der Waals surface area contributed by atoms with E-state index in [0.29, 0.717) is 26.1 Å². The average Bonchev–Trinajstić information content (AvgIpc) is 3.07. The van der Waals surface area contributed by atoms with Gasteiger partial charge in [0.05, 0.1) is 18.8 Å². The minimum absolute atomic E-state index is 0.0468. The molecule has 2 aliphatic heterocycles. The van der Waals surface area contributed by atoms with Crippen LogP contribution in [0, 0.1) is 0 Å². The van der Waals surface area contributed by atoms with Crippen LogP contribution in [-0.2, 0) is 9.59 Å². The molecule has 1 unspecified atom stereocenters. The highest BCUT2D eigenvalue weighted by Crippen LogP contribution is 2.21. The molecular weight excluding hydrogens is 314 g/mol. The van der Waals surface area contributed by atoms with Gasteiger partial charge in [-0.15, -0.1) is 5.10 Å². The Morgan fingerprint density at radius 3 is 2.79 bits per heavy atom. The van der Waals surface area contributed by atoms with Crippen LogP contribution in [0.3, 0.4) is 0 Å². The highest BCUT2D eigenvalue weighted by molar-refractivity contribution is 5.85. The number of carboxylic acids is 1. The lowest BCUT2D eigenvalue weighted by atomic mass is 10.1. The number of rotatable bonds is 4. The summed E-state index contributed by atoms with van der Waals surface area (Å²) in [6, 6.07) is -0.0830. The summed E-state index contributed by atoms with van der Waals surface area (Å²) in [7, 11) is 0. The van der Waals surface area contributed by atoms with Crippen molar-refractivity contribution >= 4 is 17.8 Å². The van der Waals surface area contributed by atoms with Gasteiger partial charge in [0.25, 0.3) is 0 Å². The molecule has 2 aliphatic rings. The van der Waals surface area contributed by atoms with Crippen molar-refractivity contribution in [2.24, 2.45) is 0 Å². The summed E-state index contributed by atoms with van der Waals surface area (Å²) in [4.78, 5) is 38.6.